The maximum absolute atomic E-state index is 12.8. The predicted octanol–water partition coefficient (Wildman–Crippen LogP) is 6.50. The minimum atomic E-state index is -4.38. The number of carbonyl (C=O) groups excluding carboxylic acids is 1. The van der Waals surface area contributed by atoms with E-state index >= 15 is 0 Å². The predicted molar refractivity (Wildman–Crippen MR) is 142 cm³/mol. The summed E-state index contributed by atoms with van der Waals surface area (Å²) < 4.78 is 38.1. The fourth-order valence-corrected chi connectivity index (χ4v) is 5.27. The SMILES string of the molecule is CC(C)(C)c1ccc(N2CCC(CCC(=O)N3CCC(Nc4ccc(C(F)(F)F)cn4)CC3)CC2)cc1. The summed E-state index contributed by atoms with van der Waals surface area (Å²) >= 11 is 0. The number of benzene rings is 1. The van der Waals surface area contributed by atoms with Gasteiger partial charge in [-0.1, -0.05) is 32.9 Å². The van der Waals surface area contributed by atoms with Crippen LogP contribution < -0.4 is 10.2 Å². The van der Waals surface area contributed by atoms with E-state index in [1.54, 1.807) is 0 Å². The first-order valence-electron chi connectivity index (χ1n) is 13.4. The van der Waals surface area contributed by atoms with Crippen LogP contribution >= 0.6 is 0 Å². The van der Waals surface area contributed by atoms with Crippen molar-refractivity contribution < 1.29 is 18.0 Å². The molecule has 0 bridgehead atoms. The van der Waals surface area contributed by atoms with Gasteiger partial charge in [-0.2, -0.15) is 13.2 Å². The van der Waals surface area contributed by atoms with Gasteiger partial charge in [-0.15, -0.1) is 0 Å². The molecule has 3 heterocycles. The lowest BCUT2D eigenvalue weighted by molar-refractivity contribution is -0.137. The third-order valence-electron chi connectivity index (χ3n) is 7.77. The molecule has 2 fully saturated rings. The summed E-state index contributed by atoms with van der Waals surface area (Å²) in [5, 5.41) is 3.21. The molecule has 8 heteroatoms. The molecule has 2 aliphatic heterocycles. The molecule has 1 aromatic heterocycles. The van der Waals surface area contributed by atoms with Gasteiger partial charge in [0, 0.05) is 50.5 Å². The molecule has 0 aliphatic carbocycles. The average Bonchev–Trinajstić information content (AvgIpc) is 2.87. The zero-order chi connectivity index (χ0) is 26.6. The van der Waals surface area contributed by atoms with E-state index < -0.39 is 11.7 Å². The molecule has 1 N–H and O–H groups in total. The smallest absolute Gasteiger partial charge is 0.372 e. The quantitative estimate of drug-likeness (QED) is 0.476. The van der Waals surface area contributed by atoms with Gasteiger partial charge in [0.05, 0.1) is 5.56 Å². The molecule has 202 valence electrons. The van der Waals surface area contributed by atoms with Gasteiger partial charge in [0.25, 0.3) is 0 Å². The van der Waals surface area contributed by atoms with E-state index in [9.17, 15) is 18.0 Å². The van der Waals surface area contributed by atoms with E-state index in [0.717, 1.165) is 57.5 Å². The van der Waals surface area contributed by atoms with Crippen LogP contribution in [-0.4, -0.2) is 48.0 Å². The highest BCUT2D eigenvalue weighted by Gasteiger charge is 2.31. The first-order valence-corrected chi connectivity index (χ1v) is 13.4. The van der Waals surface area contributed by atoms with Gasteiger partial charge in [-0.3, -0.25) is 4.79 Å². The Hall–Kier alpha value is -2.77. The fourth-order valence-electron chi connectivity index (χ4n) is 5.27. The van der Waals surface area contributed by atoms with E-state index in [-0.39, 0.29) is 17.4 Å². The summed E-state index contributed by atoms with van der Waals surface area (Å²) in [6.45, 7) is 10.1. The van der Waals surface area contributed by atoms with Gasteiger partial charge in [0.2, 0.25) is 5.91 Å². The number of carbonyl (C=O) groups is 1. The molecule has 5 nitrogen and oxygen atoms in total. The molecule has 0 spiro atoms. The van der Waals surface area contributed by atoms with Gasteiger partial charge >= 0.3 is 6.18 Å². The number of hydrogen-bond acceptors (Lipinski definition) is 4. The number of nitrogens with zero attached hydrogens (tertiary/aromatic N) is 3. The molecule has 2 aliphatic rings. The monoisotopic (exact) mass is 516 g/mol. The number of nitrogens with one attached hydrogen (secondary N) is 1. The molecule has 4 rings (SSSR count). The Labute approximate surface area is 218 Å². The Morgan fingerprint density at radius 1 is 0.919 bits per heavy atom. The van der Waals surface area contributed by atoms with Gasteiger partial charge in [0.15, 0.2) is 0 Å². The second kappa shape index (κ2) is 11.3. The number of aromatic nitrogens is 1. The van der Waals surface area contributed by atoms with Crippen molar-refractivity contribution in [2.24, 2.45) is 5.92 Å². The maximum Gasteiger partial charge on any atom is 0.417 e. The summed E-state index contributed by atoms with van der Waals surface area (Å²) in [6, 6.07) is 11.5. The number of pyridine rings is 1. The van der Waals surface area contributed by atoms with Crippen LogP contribution in [0, 0.1) is 5.92 Å². The summed E-state index contributed by atoms with van der Waals surface area (Å²) in [7, 11) is 0. The Morgan fingerprint density at radius 2 is 1.54 bits per heavy atom. The number of piperidine rings is 2. The van der Waals surface area contributed by atoms with Crippen LogP contribution in [0.3, 0.4) is 0 Å². The molecular weight excluding hydrogens is 477 g/mol. The van der Waals surface area contributed by atoms with Gasteiger partial charge in [-0.25, -0.2) is 4.98 Å². The number of rotatable bonds is 6. The van der Waals surface area contributed by atoms with Crippen molar-refractivity contribution in [3.8, 4) is 0 Å². The van der Waals surface area contributed by atoms with E-state index in [4.69, 9.17) is 0 Å². The molecule has 0 atom stereocenters. The van der Waals surface area contributed by atoms with Gasteiger partial charge in [-0.05, 0) is 73.3 Å². The van der Waals surface area contributed by atoms with Crippen molar-refractivity contribution >= 4 is 17.4 Å². The number of likely N-dealkylation sites (tertiary alicyclic amines) is 1. The number of halogens is 3. The lowest BCUT2D eigenvalue weighted by atomic mass is 9.87. The summed E-state index contributed by atoms with van der Waals surface area (Å²) in [5.74, 6) is 1.24. The van der Waals surface area contributed by atoms with E-state index in [1.165, 1.54) is 17.3 Å². The van der Waals surface area contributed by atoms with Crippen LogP contribution in [0.5, 0.6) is 0 Å². The molecule has 0 radical (unpaired) electrons. The minimum Gasteiger partial charge on any atom is -0.372 e. The minimum absolute atomic E-state index is 0.107. The summed E-state index contributed by atoms with van der Waals surface area (Å²) in [6.07, 6.45) is 1.75. The number of amides is 1. The zero-order valence-corrected chi connectivity index (χ0v) is 22.2. The number of anilines is 2. The Bertz CT molecular complexity index is 1020. The highest BCUT2D eigenvalue weighted by molar-refractivity contribution is 5.76. The number of hydrogen-bond donors (Lipinski definition) is 1. The highest BCUT2D eigenvalue weighted by Crippen LogP contribution is 2.30. The van der Waals surface area contributed by atoms with Crippen molar-refractivity contribution in [3.05, 3.63) is 53.7 Å². The second-order valence-electron chi connectivity index (χ2n) is 11.5. The molecular formula is C29H39F3N4O. The summed E-state index contributed by atoms with van der Waals surface area (Å²) in [4.78, 5) is 21.1. The van der Waals surface area contributed by atoms with Crippen LogP contribution in [0.2, 0.25) is 0 Å². The second-order valence-corrected chi connectivity index (χ2v) is 11.5. The molecule has 0 unspecified atom stereocenters. The first-order chi connectivity index (χ1) is 17.5. The van der Waals surface area contributed by atoms with Crippen LogP contribution in [0.15, 0.2) is 42.6 Å². The van der Waals surface area contributed by atoms with Crippen LogP contribution in [0.25, 0.3) is 0 Å². The van der Waals surface area contributed by atoms with Gasteiger partial charge < -0.3 is 15.1 Å². The highest BCUT2D eigenvalue weighted by atomic mass is 19.4. The molecule has 2 aromatic rings. The first kappa shape index (κ1) is 27.3. The topological polar surface area (TPSA) is 48.5 Å². The van der Waals surface area contributed by atoms with Crippen molar-refractivity contribution in [2.45, 2.75) is 76.9 Å². The Morgan fingerprint density at radius 3 is 2.08 bits per heavy atom. The maximum atomic E-state index is 12.8. The lowest BCUT2D eigenvalue weighted by Gasteiger charge is -2.35. The zero-order valence-electron chi connectivity index (χ0n) is 22.2. The summed E-state index contributed by atoms with van der Waals surface area (Å²) in [5.41, 5.74) is 2.04. The average molecular weight is 517 g/mol. The molecule has 2 saturated heterocycles. The van der Waals surface area contributed by atoms with Crippen LogP contribution in [-0.2, 0) is 16.4 Å². The van der Waals surface area contributed by atoms with Crippen molar-refractivity contribution in [2.75, 3.05) is 36.4 Å². The van der Waals surface area contributed by atoms with E-state index in [2.05, 4.69) is 60.2 Å². The normalized spacial score (nSPS) is 18.2. The van der Waals surface area contributed by atoms with Crippen LogP contribution in [0.1, 0.15) is 70.4 Å². The third-order valence-corrected chi connectivity index (χ3v) is 7.77. The fraction of sp³-hybridized carbons (Fsp3) is 0.586. The van der Waals surface area contributed by atoms with Crippen molar-refractivity contribution in [3.63, 3.8) is 0 Å². The van der Waals surface area contributed by atoms with E-state index in [0.29, 0.717) is 31.2 Å². The Balaban J connectivity index is 1.15. The lowest BCUT2D eigenvalue weighted by Crippen LogP contribution is -2.42. The van der Waals surface area contributed by atoms with Crippen LogP contribution in [0.4, 0.5) is 24.7 Å². The molecule has 1 aromatic carbocycles. The van der Waals surface area contributed by atoms with Crippen molar-refractivity contribution in [1.82, 2.24) is 9.88 Å². The number of alkyl halides is 3. The molecule has 37 heavy (non-hydrogen) atoms. The Kier molecular flexibility index (Phi) is 8.34. The third kappa shape index (κ3) is 7.39. The standard InChI is InChI=1S/C29H39F3N4O/c1-28(2,3)22-5-8-25(9-6-22)35-16-12-21(13-17-35)4-11-27(37)36-18-14-24(15-19-36)34-26-10-7-23(20-33-26)29(30,31)32/h5-10,20-21,24H,4,11-19H2,1-3H3,(H,33,34). The van der Waals surface area contributed by atoms with Crippen molar-refractivity contribution in [1.29, 1.82) is 0 Å². The molecule has 1 amide bonds. The largest absolute Gasteiger partial charge is 0.417 e. The van der Waals surface area contributed by atoms with E-state index in [1.807, 2.05) is 4.90 Å². The molecule has 0 saturated carbocycles. The van der Waals surface area contributed by atoms with Gasteiger partial charge in [0.1, 0.15) is 5.82 Å².